The average Bonchev–Trinajstić information content (AvgIpc) is 2.31. The zero-order valence-corrected chi connectivity index (χ0v) is 9.87. The lowest BCUT2D eigenvalue weighted by Gasteiger charge is -2.19. The summed E-state index contributed by atoms with van der Waals surface area (Å²) in [7, 11) is 0. The summed E-state index contributed by atoms with van der Waals surface area (Å²) in [4.78, 5) is 10.7. The monoisotopic (exact) mass is 254 g/mol. The molecule has 0 amide bonds. The molecule has 0 saturated heterocycles. The van der Waals surface area contributed by atoms with Gasteiger partial charge in [0.15, 0.2) is 11.6 Å². The molecule has 0 fully saturated rings. The van der Waals surface area contributed by atoms with Gasteiger partial charge < -0.3 is 10.4 Å². The first-order valence-corrected chi connectivity index (χ1v) is 5.25. The Kier molecular flexibility index (Phi) is 4.21. The predicted molar refractivity (Wildman–Crippen MR) is 61.0 cm³/mol. The number of nitriles is 1. The van der Waals surface area contributed by atoms with Crippen LogP contribution in [0.1, 0.15) is 19.4 Å². The maximum Gasteiger partial charge on any atom is 0.308 e. The zero-order valence-electron chi connectivity index (χ0n) is 9.87. The van der Waals surface area contributed by atoms with Crippen molar-refractivity contribution >= 4 is 11.7 Å². The van der Waals surface area contributed by atoms with Crippen LogP contribution in [0.25, 0.3) is 0 Å². The molecule has 0 bridgehead atoms. The summed E-state index contributed by atoms with van der Waals surface area (Å²) in [5.74, 6) is -3.71. The number of anilines is 1. The van der Waals surface area contributed by atoms with Gasteiger partial charge in [0, 0.05) is 6.04 Å². The highest BCUT2D eigenvalue weighted by Crippen LogP contribution is 2.22. The van der Waals surface area contributed by atoms with E-state index in [4.69, 9.17) is 10.4 Å². The number of carboxylic acids is 1. The average molecular weight is 254 g/mol. The van der Waals surface area contributed by atoms with Gasteiger partial charge in [-0.2, -0.15) is 5.26 Å². The summed E-state index contributed by atoms with van der Waals surface area (Å²) in [6.45, 7) is 2.94. The second kappa shape index (κ2) is 5.45. The molecule has 1 aromatic rings. The van der Waals surface area contributed by atoms with Crippen LogP contribution in [-0.2, 0) is 4.79 Å². The van der Waals surface area contributed by atoms with Crippen LogP contribution in [0.4, 0.5) is 14.5 Å². The van der Waals surface area contributed by atoms with Gasteiger partial charge in [-0.05, 0) is 26.0 Å². The molecule has 0 spiro atoms. The third kappa shape index (κ3) is 2.94. The zero-order chi connectivity index (χ0) is 13.9. The second-order valence-corrected chi connectivity index (χ2v) is 3.99. The minimum atomic E-state index is -1.07. The molecule has 0 aliphatic heterocycles. The molecule has 2 N–H and O–H groups in total. The van der Waals surface area contributed by atoms with Crippen LogP contribution in [-0.4, -0.2) is 17.1 Å². The van der Waals surface area contributed by atoms with Gasteiger partial charge in [0.05, 0.1) is 17.6 Å². The Morgan fingerprint density at radius 3 is 2.28 bits per heavy atom. The lowest BCUT2D eigenvalue weighted by Crippen LogP contribution is -2.30. The van der Waals surface area contributed by atoms with Gasteiger partial charge in [0.2, 0.25) is 0 Å². The van der Waals surface area contributed by atoms with E-state index in [1.54, 1.807) is 6.07 Å². The quantitative estimate of drug-likeness (QED) is 0.865. The van der Waals surface area contributed by atoms with Crippen LogP contribution in [0.3, 0.4) is 0 Å². The second-order valence-electron chi connectivity index (χ2n) is 3.99. The molecule has 6 heteroatoms. The van der Waals surface area contributed by atoms with E-state index in [1.807, 2.05) is 0 Å². The number of hydrogen-bond donors (Lipinski definition) is 2. The largest absolute Gasteiger partial charge is 0.481 e. The molecule has 1 rings (SSSR count). The molecule has 2 atom stereocenters. The van der Waals surface area contributed by atoms with E-state index in [-0.39, 0.29) is 5.56 Å². The van der Waals surface area contributed by atoms with Crippen LogP contribution in [0.5, 0.6) is 0 Å². The molecule has 0 heterocycles. The highest BCUT2D eigenvalue weighted by molar-refractivity contribution is 5.71. The molecule has 0 saturated carbocycles. The smallest absolute Gasteiger partial charge is 0.308 e. The van der Waals surface area contributed by atoms with Crippen molar-refractivity contribution in [1.82, 2.24) is 0 Å². The van der Waals surface area contributed by atoms with E-state index in [0.717, 1.165) is 12.1 Å². The summed E-state index contributed by atoms with van der Waals surface area (Å²) in [5.41, 5.74) is -0.552. The van der Waals surface area contributed by atoms with Crippen molar-refractivity contribution in [1.29, 1.82) is 5.26 Å². The number of benzene rings is 1. The van der Waals surface area contributed by atoms with Gasteiger partial charge in [-0.15, -0.1) is 0 Å². The topological polar surface area (TPSA) is 73.1 Å². The standard InChI is InChI=1S/C12H12F2N2O2/c1-6(12(17)18)7(2)16-11-9(13)3-8(5-15)4-10(11)14/h3-4,6-7,16H,1-2H3,(H,17,18). The summed E-state index contributed by atoms with van der Waals surface area (Å²) < 4.78 is 27.0. The van der Waals surface area contributed by atoms with Crippen LogP contribution in [0.15, 0.2) is 12.1 Å². The first kappa shape index (κ1) is 13.9. The first-order chi connectivity index (χ1) is 8.36. The van der Waals surface area contributed by atoms with Crippen LogP contribution >= 0.6 is 0 Å². The van der Waals surface area contributed by atoms with Gasteiger partial charge >= 0.3 is 5.97 Å². The molecule has 18 heavy (non-hydrogen) atoms. The van der Waals surface area contributed by atoms with Crippen LogP contribution in [0.2, 0.25) is 0 Å². The molecule has 0 aliphatic rings. The number of halogens is 2. The number of nitrogens with zero attached hydrogens (tertiary/aromatic N) is 1. The molecular weight excluding hydrogens is 242 g/mol. The van der Waals surface area contributed by atoms with Crippen molar-refractivity contribution in [3.63, 3.8) is 0 Å². The highest BCUT2D eigenvalue weighted by Gasteiger charge is 2.22. The fourth-order valence-electron chi connectivity index (χ4n) is 1.34. The molecule has 96 valence electrons. The normalized spacial score (nSPS) is 13.5. The molecule has 1 aromatic carbocycles. The Balaban J connectivity index is 2.99. The fraction of sp³-hybridized carbons (Fsp3) is 0.333. The van der Waals surface area contributed by atoms with E-state index in [0.29, 0.717) is 0 Å². The third-order valence-corrected chi connectivity index (χ3v) is 2.68. The summed E-state index contributed by atoms with van der Waals surface area (Å²) >= 11 is 0. The van der Waals surface area contributed by atoms with Gasteiger partial charge in [-0.1, -0.05) is 0 Å². The van der Waals surface area contributed by atoms with Gasteiger partial charge in [0.25, 0.3) is 0 Å². The number of nitrogens with one attached hydrogen (secondary N) is 1. The number of carboxylic acid groups (broad SMARTS) is 1. The van der Waals surface area contributed by atoms with Crippen molar-refractivity contribution in [2.45, 2.75) is 19.9 Å². The van der Waals surface area contributed by atoms with Crippen molar-refractivity contribution in [2.24, 2.45) is 5.92 Å². The Labute approximate surface area is 103 Å². The fourth-order valence-corrected chi connectivity index (χ4v) is 1.34. The Hall–Kier alpha value is -2.16. The lowest BCUT2D eigenvalue weighted by molar-refractivity contribution is -0.141. The number of carbonyl (C=O) groups is 1. The van der Waals surface area contributed by atoms with Gasteiger partial charge in [-0.3, -0.25) is 4.79 Å². The molecule has 0 radical (unpaired) electrons. The molecule has 0 aromatic heterocycles. The lowest BCUT2D eigenvalue weighted by atomic mass is 10.0. The third-order valence-electron chi connectivity index (χ3n) is 2.68. The Morgan fingerprint density at radius 2 is 1.89 bits per heavy atom. The first-order valence-electron chi connectivity index (χ1n) is 5.25. The predicted octanol–water partition coefficient (Wildman–Crippen LogP) is 2.36. The number of aliphatic carboxylic acids is 1. The molecule has 2 unspecified atom stereocenters. The molecular formula is C12H12F2N2O2. The molecule has 0 aliphatic carbocycles. The molecule has 4 nitrogen and oxygen atoms in total. The van der Waals surface area contributed by atoms with E-state index in [9.17, 15) is 13.6 Å². The van der Waals surface area contributed by atoms with Gasteiger partial charge in [0.1, 0.15) is 5.69 Å². The maximum absolute atomic E-state index is 13.5. The Bertz CT molecular complexity index is 488. The van der Waals surface area contributed by atoms with E-state index >= 15 is 0 Å². The van der Waals surface area contributed by atoms with Crippen molar-refractivity contribution in [3.05, 3.63) is 29.3 Å². The maximum atomic E-state index is 13.5. The van der Waals surface area contributed by atoms with Crippen LogP contribution < -0.4 is 5.32 Å². The number of rotatable bonds is 4. The Morgan fingerprint density at radius 1 is 1.39 bits per heavy atom. The van der Waals surface area contributed by atoms with Crippen molar-refractivity contribution < 1.29 is 18.7 Å². The van der Waals surface area contributed by atoms with Crippen LogP contribution in [0, 0.1) is 28.9 Å². The summed E-state index contributed by atoms with van der Waals surface area (Å²) in [6, 6.07) is 2.76. The van der Waals surface area contributed by atoms with E-state index in [1.165, 1.54) is 13.8 Å². The summed E-state index contributed by atoms with van der Waals surface area (Å²) in [5, 5.41) is 19.8. The highest BCUT2D eigenvalue weighted by atomic mass is 19.1. The summed E-state index contributed by atoms with van der Waals surface area (Å²) in [6.07, 6.45) is 0. The minimum absolute atomic E-state index is 0.130. The van der Waals surface area contributed by atoms with E-state index in [2.05, 4.69) is 5.32 Å². The van der Waals surface area contributed by atoms with Crippen molar-refractivity contribution in [2.75, 3.05) is 5.32 Å². The van der Waals surface area contributed by atoms with Crippen molar-refractivity contribution in [3.8, 4) is 6.07 Å². The van der Waals surface area contributed by atoms with E-state index < -0.39 is 35.3 Å². The minimum Gasteiger partial charge on any atom is -0.481 e. The van der Waals surface area contributed by atoms with Gasteiger partial charge in [-0.25, -0.2) is 8.78 Å². The number of hydrogen-bond acceptors (Lipinski definition) is 3. The SMILES string of the molecule is CC(Nc1c(F)cc(C#N)cc1F)C(C)C(=O)O.